The minimum Gasteiger partial charge on any atom is -0.331 e. The Labute approximate surface area is 132 Å². The van der Waals surface area contributed by atoms with Crippen LogP contribution in [0.25, 0.3) is 21.8 Å². The summed E-state index contributed by atoms with van der Waals surface area (Å²) in [5, 5.41) is 2.23. The molecule has 110 valence electrons. The predicted octanol–water partition coefficient (Wildman–Crippen LogP) is 3.74. The van der Waals surface area contributed by atoms with Crippen molar-refractivity contribution >= 4 is 27.6 Å². The number of nitrogens with zero attached hydrogens (tertiary/aromatic N) is 3. The summed E-state index contributed by atoms with van der Waals surface area (Å²) in [6.07, 6.45) is 5.19. The van der Waals surface area contributed by atoms with E-state index in [0.717, 1.165) is 27.4 Å². The van der Waals surface area contributed by atoms with E-state index in [1.54, 1.807) is 24.7 Å². The van der Waals surface area contributed by atoms with Gasteiger partial charge >= 0.3 is 0 Å². The molecule has 1 atom stereocenters. The molecule has 0 N–H and O–H groups in total. The number of carbonyl (C=O) groups is 1. The summed E-state index contributed by atoms with van der Waals surface area (Å²) in [6.45, 7) is 2.11. The van der Waals surface area contributed by atoms with Gasteiger partial charge in [0.05, 0.1) is 11.6 Å². The molecule has 3 aromatic heterocycles. The average Bonchev–Trinajstić information content (AvgIpc) is 2.90. The summed E-state index contributed by atoms with van der Waals surface area (Å²) in [5.74, 6) is -0.0265. The Hall–Kier alpha value is -3.01. The second kappa shape index (κ2) is 4.26. The number of benzene rings is 1. The molecular weight excluding hydrogens is 286 g/mol. The molecule has 4 aromatic rings. The molecule has 0 bridgehead atoms. The maximum absolute atomic E-state index is 13.0. The average molecular weight is 299 g/mol. The highest BCUT2D eigenvalue weighted by atomic mass is 16.1. The van der Waals surface area contributed by atoms with Crippen molar-refractivity contribution in [2.75, 3.05) is 0 Å². The monoisotopic (exact) mass is 299 g/mol. The smallest absolute Gasteiger partial charge is 0.213 e. The van der Waals surface area contributed by atoms with Gasteiger partial charge in [-0.25, -0.2) is 0 Å². The van der Waals surface area contributed by atoms with Crippen LogP contribution in [-0.4, -0.2) is 20.3 Å². The first kappa shape index (κ1) is 12.5. The molecule has 0 fully saturated rings. The lowest BCUT2D eigenvalue weighted by Gasteiger charge is -2.16. The van der Waals surface area contributed by atoms with Gasteiger partial charge < -0.3 is 4.57 Å². The van der Waals surface area contributed by atoms with E-state index in [-0.39, 0.29) is 11.8 Å². The number of ketones is 1. The number of para-hydroxylation sites is 1. The van der Waals surface area contributed by atoms with Crippen LogP contribution in [0, 0.1) is 0 Å². The molecule has 4 heterocycles. The molecule has 0 aliphatic carbocycles. The molecule has 1 aromatic carbocycles. The van der Waals surface area contributed by atoms with Gasteiger partial charge in [0.2, 0.25) is 5.78 Å². The minimum atomic E-state index is -0.0265. The highest BCUT2D eigenvalue weighted by Gasteiger charge is 2.29. The van der Waals surface area contributed by atoms with E-state index in [4.69, 9.17) is 0 Å². The van der Waals surface area contributed by atoms with E-state index in [1.807, 2.05) is 18.2 Å². The largest absolute Gasteiger partial charge is 0.331 e. The van der Waals surface area contributed by atoms with E-state index < -0.39 is 0 Å². The number of hydrogen-bond acceptors (Lipinski definition) is 3. The highest BCUT2D eigenvalue weighted by molar-refractivity contribution is 6.20. The van der Waals surface area contributed by atoms with Crippen LogP contribution >= 0.6 is 0 Å². The number of pyridine rings is 2. The Morgan fingerprint density at radius 1 is 1.04 bits per heavy atom. The molecule has 1 aliphatic heterocycles. The summed E-state index contributed by atoms with van der Waals surface area (Å²) in [5.41, 5.74) is 4.20. The van der Waals surface area contributed by atoms with Gasteiger partial charge in [0.15, 0.2) is 0 Å². The molecule has 4 heteroatoms. The van der Waals surface area contributed by atoms with Crippen molar-refractivity contribution in [2.45, 2.75) is 13.0 Å². The first-order valence-corrected chi connectivity index (χ1v) is 7.63. The van der Waals surface area contributed by atoms with Gasteiger partial charge in [0, 0.05) is 46.0 Å². The maximum Gasteiger partial charge on any atom is 0.213 e. The SMILES string of the molecule is C[C@@H]1c2cnccc2C(=O)c2nccc3c4ccccc4n1c23. The molecular formula is C19H13N3O. The van der Waals surface area contributed by atoms with Gasteiger partial charge in [-0.1, -0.05) is 18.2 Å². The molecule has 0 saturated heterocycles. The second-order valence-corrected chi connectivity index (χ2v) is 5.91. The number of aromatic nitrogens is 3. The van der Waals surface area contributed by atoms with Crippen molar-refractivity contribution in [2.24, 2.45) is 0 Å². The number of fused-ring (bicyclic) bond motifs is 4. The third kappa shape index (κ3) is 1.47. The van der Waals surface area contributed by atoms with Crippen LogP contribution in [0.15, 0.2) is 55.0 Å². The zero-order valence-electron chi connectivity index (χ0n) is 12.5. The lowest BCUT2D eigenvalue weighted by atomic mass is 10.00. The third-order valence-corrected chi connectivity index (χ3v) is 4.77. The Morgan fingerprint density at radius 3 is 2.83 bits per heavy atom. The van der Waals surface area contributed by atoms with Gasteiger partial charge in [-0.15, -0.1) is 0 Å². The fraction of sp³-hybridized carbons (Fsp3) is 0.105. The zero-order chi connectivity index (χ0) is 15.6. The van der Waals surface area contributed by atoms with Gasteiger partial charge in [-0.2, -0.15) is 0 Å². The molecule has 0 radical (unpaired) electrons. The Bertz CT molecular complexity index is 1110. The molecule has 4 nitrogen and oxygen atoms in total. The maximum atomic E-state index is 13.0. The van der Waals surface area contributed by atoms with Crippen molar-refractivity contribution in [1.82, 2.24) is 14.5 Å². The normalized spacial score (nSPS) is 16.6. The predicted molar refractivity (Wildman–Crippen MR) is 88.7 cm³/mol. The van der Waals surface area contributed by atoms with Gasteiger partial charge in [0.1, 0.15) is 5.69 Å². The Morgan fingerprint density at radius 2 is 1.91 bits per heavy atom. The van der Waals surface area contributed by atoms with Crippen LogP contribution in [0.1, 0.15) is 34.6 Å². The van der Waals surface area contributed by atoms with Crippen molar-refractivity contribution < 1.29 is 4.79 Å². The number of rotatable bonds is 0. The van der Waals surface area contributed by atoms with Crippen LogP contribution in [0.4, 0.5) is 0 Å². The van der Waals surface area contributed by atoms with Crippen LogP contribution in [0.2, 0.25) is 0 Å². The van der Waals surface area contributed by atoms with Crippen molar-refractivity contribution in [3.8, 4) is 0 Å². The fourth-order valence-electron chi connectivity index (χ4n) is 3.73. The quantitative estimate of drug-likeness (QED) is 0.497. The lowest BCUT2D eigenvalue weighted by Crippen LogP contribution is -2.08. The molecule has 0 spiro atoms. The van der Waals surface area contributed by atoms with Crippen LogP contribution in [-0.2, 0) is 0 Å². The summed E-state index contributed by atoms with van der Waals surface area (Å²) in [6, 6.07) is 12.1. The van der Waals surface area contributed by atoms with Crippen molar-refractivity contribution in [3.05, 3.63) is 71.8 Å². The zero-order valence-corrected chi connectivity index (χ0v) is 12.5. The third-order valence-electron chi connectivity index (χ3n) is 4.77. The Balaban J connectivity index is 2.06. The van der Waals surface area contributed by atoms with Crippen LogP contribution < -0.4 is 0 Å². The van der Waals surface area contributed by atoms with Gasteiger partial charge in [-0.3, -0.25) is 14.8 Å². The number of hydrogen-bond donors (Lipinski definition) is 0. The van der Waals surface area contributed by atoms with Crippen LogP contribution in [0.3, 0.4) is 0 Å². The number of carbonyl (C=O) groups excluding carboxylic acids is 1. The van der Waals surface area contributed by atoms with E-state index in [1.165, 1.54) is 0 Å². The molecule has 1 aliphatic rings. The standard InChI is InChI=1S/C19H13N3O/c1-11-15-10-20-8-6-14(15)19(23)17-18-13(7-9-21-17)12-4-2-3-5-16(12)22(11)18/h2-11H,1H3/t11-/m1/s1. The molecule has 0 unspecified atom stereocenters. The topological polar surface area (TPSA) is 47.8 Å². The molecule has 0 saturated carbocycles. The molecule has 5 rings (SSSR count). The van der Waals surface area contributed by atoms with Crippen molar-refractivity contribution in [3.63, 3.8) is 0 Å². The minimum absolute atomic E-state index is 0.0236. The van der Waals surface area contributed by atoms with E-state index >= 15 is 0 Å². The first-order chi connectivity index (χ1) is 11.3. The summed E-state index contributed by atoms with van der Waals surface area (Å²) in [4.78, 5) is 21.7. The second-order valence-electron chi connectivity index (χ2n) is 5.91. The van der Waals surface area contributed by atoms with E-state index in [2.05, 4.69) is 33.6 Å². The van der Waals surface area contributed by atoms with Gasteiger partial charge in [-0.05, 0) is 25.1 Å². The first-order valence-electron chi connectivity index (χ1n) is 7.63. The van der Waals surface area contributed by atoms with Gasteiger partial charge in [0.25, 0.3) is 0 Å². The van der Waals surface area contributed by atoms with E-state index in [9.17, 15) is 4.79 Å². The van der Waals surface area contributed by atoms with Crippen LogP contribution in [0.5, 0.6) is 0 Å². The molecule has 0 amide bonds. The summed E-state index contributed by atoms with van der Waals surface area (Å²) >= 11 is 0. The summed E-state index contributed by atoms with van der Waals surface area (Å²) in [7, 11) is 0. The lowest BCUT2D eigenvalue weighted by molar-refractivity contribution is 0.103. The fourth-order valence-corrected chi connectivity index (χ4v) is 3.73. The summed E-state index contributed by atoms with van der Waals surface area (Å²) < 4.78 is 2.22. The van der Waals surface area contributed by atoms with E-state index in [0.29, 0.717) is 11.3 Å². The van der Waals surface area contributed by atoms with Crippen molar-refractivity contribution in [1.29, 1.82) is 0 Å². The highest BCUT2D eigenvalue weighted by Crippen LogP contribution is 2.38. The Kier molecular flexibility index (Phi) is 2.32. The molecule has 23 heavy (non-hydrogen) atoms.